The van der Waals surface area contributed by atoms with Crippen molar-refractivity contribution in [2.75, 3.05) is 4.90 Å². The maximum absolute atomic E-state index is 13.2. The highest BCUT2D eigenvalue weighted by Gasteiger charge is 2.40. The third kappa shape index (κ3) is 2.91. The lowest BCUT2D eigenvalue weighted by Gasteiger charge is -2.16. The molecule has 2 aromatic carbocycles. The van der Waals surface area contributed by atoms with E-state index in [1.54, 1.807) is 12.1 Å². The first-order valence-corrected chi connectivity index (χ1v) is 9.28. The average molecular weight is 397 g/mol. The number of benzene rings is 2. The lowest BCUT2D eigenvalue weighted by molar-refractivity contribution is -0.118. The molecule has 136 valence electrons. The summed E-state index contributed by atoms with van der Waals surface area (Å²) in [6.07, 6.45) is 0. The van der Waals surface area contributed by atoms with Gasteiger partial charge in [0.15, 0.2) is 5.11 Å². The summed E-state index contributed by atoms with van der Waals surface area (Å²) in [5.41, 5.74) is 4.04. The first-order valence-electron chi connectivity index (χ1n) is 8.49. The summed E-state index contributed by atoms with van der Waals surface area (Å²) in [5.74, 6) is -0.160. The minimum absolute atomic E-state index is 0.160. The number of halogens is 1. The highest BCUT2D eigenvalue weighted by molar-refractivity contribution is 7.80. The van der Waals surface area contributed by atoms with Crippen LogP contribution in [0.1, 0.15) is 23.0 Å². The number of hydrogen-bond acceptors (Lipinski definition) is 3. The zero-order chi connectivity index (χ0) is 19.1. The third-order valence-corrected chi connectivity index (χ3v) is 5.29. The predicted octanol–water partition coefficient (Wildman–Crippen LogP) is 4.10. The van der Waals surface area contributed by atoms with E-state index in [2.05, 4.69) is 10.4 Å². The summed E-state index contributed by atoms with van der Waals surface area (Å²) < 4.78 is 1.85. The van der Waals surface area contributed by atoms with E-state index in [4.69, 9.17) is 23.8 Å². The summed E-state index contributed by atoms with van der Waals surface area (Å²) in [7, 11) is 0. The first-order chi connectivity index (χ1) is 13.0. The van der Waals surface area contributed by atoms with E-state index in [0.717, 1.165) is 22.6 Å². The van der Waals surface area contributed by atoms with Gasteiger partial charge in [-0.25, -0.2) is 4.68 Å². The summed E-state index contributed by atoms with van der Waals surface area (Å²) in [4.78, 5) is 14.7. The van der Waals surface area contributed by atoms with Crippen molar-refractivity contribution in [3.63, 3.8) is 0 Å². The molecule has 0 aliphatic carbocycles. The topological polar surface area (TPSA) is 50.2 Å². The van der Waals surface area contributed by atoms with Crippen LogP contribution in [-0.2, 0) is 4.79 Å². The smallest absolute Gasteiger partial charge is 0.260 e. The number of carbonyl (C=O) groups is 1. The SMILES string of the molecule is Cc1nn(-c2ccccc2)c(C)c1[C@H]1NC(=S)N(c2ccccc2Cl)C1=O. The summed E-state index contributed by atoms with van der Waals surface area (Å²) >= 11 is 11.7. The van der Waals surface area contributed by atoms with Crippen molar-refractivity contribution in [3.05, 3.63) is 76.6 Å². The van der Waals surface area contributed by atoms with Crippen molar-refractivity contribution < 1.29 is 4.79 Å². The van der Waals surface area contributed by atoms with Crippen molar-refractivity contribution in [3.8, 4) is 5.69 Å². The van der Waals surface area contributed by atoms with Gasteiger partial charge < -0.3 is 5.32 Å². The summed E-state index contributed by atoms with van der Waals surface area (Å²) in [6.45, 7) is 3.86. The van der Waals surface area contributed by atoms with Crippen molar-refractivity contribution in [2.24, 2.45) is 0 Å². The Morgan fingerprint density at radius 2 is 1.74 bits per heavy atom. The molecule has 1 aromatic heterocycles. The van der Waals surface area contributed by atoms with Crippen LogP contribution in [0.25, 0.3) is 5.69 Å². The van der Waals surface area contributed by atoms with Gasteiger partial charge in [-0.2, -0.15) is 5.10 Å². The zero-order valence-corrected chi connectivity index (χ0v) is 16.4. The molecule has 0 spiro atoms. The molecule has 0 unspecified atom stereocenters. The van der Waals surface area contributed by atoms with Crippen molar-refractivity contribution in [2.45, 2.75) is 19.9 Å². The molecule has 27 heavy (non-hydrogen) atoms. The predicted molar refractivity (Wildman–Crippen MR) is 110 cm³/mol. The number of nitrogens with zero attached hydrogens (tertiary/aromatic N) is 3. The fourth-order valence-corrected chi connectivity index (χ4v) is 3.96. The van der Waals surface area contributed by atoms with Crippen molar-refractivity contribution in [1.29, 1.82) is 0 Å². The van der Waals surface area contributed by atoms with E-state index >= 15 is 0 Å². The molecule has 3 aromatic rings. The molecular weight excluding hydrogens is 380 g/mol. The van der Waals surface area contributed by atoms with E-state index in [1.807, 2.05) is 61.0 Å². The van der Waals surface area contributed by atoms with Crippen LogP contribution < -0.4 is 10.2 Å². The molecule has 1 aliphatic heterocycles. The fourth-order valence-electron chi connectivity index (χ4n) is 3.43. The van der Waals surface area contributed by atoms with E-state index in [-0.39, 0.29) is 5.91 Å². The van der Waals surface area contributed by atoms with Crippen LogP contribution in [-0.4, -0.2) is 20.8 Å². The van der Waals surface area contributed by atoms with E-state index < -0.39 is 6.04 Å². The minimum atomic E-state index is -0.591. The number of thiocarbonyl (C=S) groups is 1. The Hall–Kier alpha value is -2.70. The number of aromatic nitrogens is 2. The molecule has 4 rings (SSSR count). The molecule has 1 fully saturated rings. The Morgan fingerprint density at radius 1 is 1.07 bits per heavy atom. The average Bonchev–Trinajstić information content (AvgIpc) is 3.11. The summed E-state index contributed by atoms with van der Waals surface area (Å²) in [5, 5.41) is 8.59. The largest absolute Gasteiger partial charge is 0.346 e. The zero-order valence-electron chi connectivity index (χ0n) is 14.8. The van der Waals surface area contributed by atoms with Crippen LogP contribution >= 0.6 is 23.8 Å². The molecule has 1 saturated heterocycles. The van der Waals surface area contributed by atoms with Crippen LogP contribution in [0.5, 0.6) is 0 Å². The van der Waals surface area contributed by atoms with Crippen molar-refractivity contribution in [1.82, 2.24) is 15.1 Å². The standard InChI is InChI=1S/C20H17ClN4OS/c1-12-17(13(2)25(23-12)14-8-4-3-5-9-14)18-19(26)24(20(27)22-18)16-11-7-6-10-15(16)21/h3-11,18H,1-2H3,(H,22,27)/t18-/m1/s1. The van der Waals surface area contributed by atoms with Gasteiger partial charge in [-0.05, 0) is 50.3 Å². The van der Waals surface area contributed by atoms with Crippen LogP contribution in [0, 0.1) is 13.8 Å². The highest BCUT2D eigenvalue weighted by atomic mass is 35.5. The Morgan fingerprint density at radius 3 is 2.44 bits per heavy atom. The van der Waals surface area contributed by atoms with Gasteiger partial charge in [-0.1, -0.05) is 41.9 Å². The molecule has 0 bridgehead atoms. The van der Waals surface area contributed by atoms with E-state index in [0.29, 0.717) is 15.8 Å². The number of carbonyl (C=O) groups excluding carboxylic acids is 1. The second-order valence-electron chi connectivity index (χ2n) is 6.34. The molecule has 0 saturated carbocycles. The maximum atomic E-state index is 13.2. The molecule has 7 heteroatoms. The lowest BCUT2D eigenvalue weighted by atomic mass is 10.0. The highest BCUT2D eigenvalue weighted by Crippen LogP contribution is 2.34. The molecule has 1 amide bonds. The molecule has 1 atom stereocenters. The maximum Gasteiger partial charge on any atom is 0.260 e. The number of hydrogen-bond donors (Lipinski definition) is 1. The van der Waals surface area contributed by atoms with Gasteiger partial charge in [0, 0.05) is 11.3 Å². The van der Waals surface area contributed by atoms with Gasteiger partial charge in [0.25, 0.3) is 5.91 Å². The van der Waals surface area contributed by atoms with E-state index in [9.17, 15) is 4.79 Å². The molecule has 5 nitrogen and oxygen atoms in total. The van der Waals surface area contributed by atoms with Gasteiger partial charge in [-0.3, -0.25) is 9.69 Å². The third-order valence-electron chi connectivity index (χ3n) is 4.67. The second kappa shape index (κ2) is 6.79. The Labute approximate surface area is 167 Å². The quantitative estimate of drug-likeness (QED) is 0.677. The van der Waals surface area contributed by atoms with Gasteiger partial charge in [-0.15, -0.1) is 0 Å². The normalized spacial score (nSPS) is 16.7. The van der Waals surface area contributed by atoms with Crippen LogP contribution in [0.2, 0.25) is 5.02 Å². The van der Waals surface area contributed by atoms with Gasteiger partial charge in [0.05, 0.1) is 22.1 Å². The lowest BCUT2D eigenvalue weighted by Crippen LogP contribution is -2.30. The number of amides is 1. The van der Waals surface area contributed by atoms with Gasteiger partial charge >= 0.3 is 0 Å². The number of anilines is 1. The first kappa shape index (κ1) is 17.7. The number of rotatable bonds is 3. The van der Waals surface area contributed by atoms with Crippen LogP contribution in [0.4, 0.5) is 5.69 Å². The second-order valence-corrected chi connectivity index (χ2v) is 7.13. The van der Waals surface area contributed by atoms with Gasteiger partial charge in [0.1, 0.15) is 6.04 Å². The Kier molecular flexibility index (Phi) is 4.45. The van der Waals surface area contributed by atoms with Crippen molar-refractivity contribution >= 4 is 40.5 Å². The molecule has 2 heterocycles. The monoisotopic (exact) mass is 396 g/mol. The minimum Gasteiger partial charge on any atom is -0.346 e. The van der Waals surface area contributed by atoms with Crippen LogP contribution in [0.3, 0.4) is 0 Å². The molecule has 1 N–H and O–H groups in total. The van der Waals surface area contributed by atoms with Gasteiger partial charge in [0.2, 0.25) is 0 Å². The fraction of sp³-hybridized carbons (Fsp3) is 0.150. The molecule has 1 aliphatic rings. The Balaban J connectivity index is 1.75. The number of para-hydroxylation sites is 2. The number of nitrogens with one attached hydrogen (secondary N) is 1. The Bertz CT molecular complexity index is 1050. The molecular formula is C20H17ClN4OS. The van der Waals surface area contributed by atoms with Crippen LogP contribution in [0.15, 0.2) is 54.6 Å². The number of aryl methyl sites for hydroxylation is 1. The van der Waals surface area contributed by atoms with E-state index in [1.165, 1.54) is 4.90 Å². The molecule has 0 radical (unpaired) electrons. The summed E-state index contributed by atoms with van der Waals surface area (Å²) in [6, 6.07) is 16.4.